The third-order valence-electron chi connectivity index (χ3n) is 7.26. The molecule has 1 saturated heterocycles. The number of nitrogens with one attached hydrogen (secondary N) is 2. The second-order valence-corrected chi connectivity index (χ2v) is 10.6. The lowest BCUT2D eigenvalue weighted by molar-refractivity contribution is -0.192. The highest BCUT2D eigenvalue weighted by Crippen LogP contribution is 2.50. The Morgan fingerprint density at radius 3 is 2.44 bits per heavy atom. The number of benzene rings is 2. The Morgan fingerprint density at radius 2 is 1.82 bits per heavy atom. The molecule has 1 saturated carbocycles. The molecule has 2 aliphatic rings. The van der Waals surface area contributed by atoms with Gasteiger partial charge in [0.15, 0.2) is 16.6 Å². The first kappa shape index (κ1) is 31.1. The summed E-state index contributed by atoms with van der Waals surface area (Å²) in [6.07, 6.45) is -0.827. The van der Waals surface area contributed by atoms with Crippen molar-refractivity contribution in [3.05, 3.63) is 52.0 Å². The number of fused-ring (bicyclic) bond motifs is 1. The molecule has 0 radical (unpaired) electrons. The lowest BCUT2D eigenvalue weighted by atomic mass is 9.65. The number of likely N-dealkylation sites (tertiary alicyclic amines) is 1. The Morgan fingerprint density at radius 1 is 1.15 bits per heavy atom. The van der Waals surface area contributed by atoms with Crippen LogP contribution in [0.5, 0.6) is 11.5 Å². The summed E-state index contributed by atoms with van der Waals surface area (Å²) in [5.41, 5.74) is 2.15. The van der Waals surface area contributed by atoms with Crippen molar-refractivity contribution in [2.75, 3.05) is 33.1 Å². The van der Waals surface area contributed by atoms with Crippen LogP contribution in [0.15, 0.2) is 36.4 Å². The van der Waals surface area contributed by atoms with Gasteiger partial charge in [-0.25, -0.2) is 4.79 Å². The van der Waals surface area contributed by atoms with E-state index in [4.69, 9.17) is 54.8 Å². The predicted molar refractivity (Wildman–Crippen MR) is 149 cm³/mol. The first-order valence-corrected chi connectivity index (χ1v) is 13.2. The molecular formula is C26H30Cl2F3N3O4S. The quantitative estimate of drug-likeness (QED) is 0.350. The van der Waals surface area contributed by atoms with Crippen LogP contribution in [0.25, 0.3) is 0 Å². The second kappa shape index (κ2) is 12.8. The van der Waals surface area contributed by atoms with Gasteiger partial charge in [0.1, 0.15) is 0 Å². The molecule has 1 aliphatic carbocycles. The zero-order valence-electron chi connectivity index (χ0n) is 21.6. The third kappa shape index (κ3) is 7.19. The molecule has 3 N–H and O–H groups in total. The molecule has 3 atom stereocenters. The maximum atomic E-state index is 10.6. The van der Waals surface area contributed by atoms with Crippen molar-refractivity contribution in [2.24, 2.45) is 0 Å². The zero-order chi connectivity index (χ0) is 29.0. The highest BCUT2D eigenvalue weighted by Gasteiger charge is 2.50. The smallest absolute Gasteiger partial charge is 0.490 e. The number of ether oxygens (including phenoxy) is 2. The minimum absolute atomic E-state index is 0.109. The lowest BCUT2D eigenvalue weighted by Gasteiger charge is -2.45. The maximum Gasteiger partial charge on any atom is 0.490 e. The number of carboxylic acid groups (broad SMARTS) is 1. The van der Waals surface area contributed by atoms with Crippen LogP contribution in [0.1, 0.15) is 31.2 Å². The van der Waals surface area contributed by atoms with Gasteiger partial charge in [-0.1, -0.05) is 35.3 Å². The number of carbonyl (C=O) groups is 1. The van der Waals surface area contributed by atoms with Crippen LogP contribution in [0.3, 0.4) is 0 Å². The molecule has 0 spiro atoms. The number of halogens is 5. The molecule has 1 aliphatic heterocycles. The summed E-state index contributed by atoms with van der Waals surface area (Å²) in [6, 6.07) is 12.6. The standard InChI is InChI=1S/C24H29Cl2N3O2S.C2HF3O2/c1-29-12-11-24(15-7-8-19(30-2)20(13-15)31-3)10-9-16(14-21(24)29)27-23(32)28-18-6-4-5-17(25)22(18)26;3-2(4,5)1(6)7/h4-8,13,16,21H,9-12,14H2,1-3H3,(H2,27,28,32);(H,6,7)/t16-,21+,24+;/m1./s1. The molecule has 0 aromatic heterocycles. The number of hydrogen-bond donors (Lipinski definition) is 3. The predicted octanol–water partition coefficient (Wildman–Crippen LogP) is 6.12. The first-order chi connectivity index (χ1) is 18.3. The Bertz CT molecular complexity index is 1200. The fraction of sp³-hybridized carbons (Fsp3) is 0.462. The van der Waals surface area contributed by atoms with Gasteiger partial charge in [0.05, 0.1) is 30.0 Å². The Balaban J connectivity index is 0.000000532. The number of methoxy groups -OCH3 is 2. The molecule has 0 amide bonds. The van der Waals surface area contributed by atoms with Crippen molar-refractivity contribution >= 4 is 52.2 Å². The molecule has 13 heteroatoms. The number of hydrogen-bond acceptors (Lipinski definition) is 5. The van der Waals surface area contributed by atoms with E-state index in [0.717, 1.165) is 43.7 Å². The van der Waals surface area contributed by atoms with Crippen LogP contribution in [-0.2, 0) is 10.2 Å². The number of anilines is 1. The second-order valence-electron chi connectivity index (χ2n) is 9.45. The summed E-state index contributed by atoms with van der Waals surface area (Å²) in [5.74, 6) is -1.20. The topological polar surface area (TPSA) is 83.1 Å². The van der Waals surface area contributed by atoms with E-state index in [-0.39, 0.29) is 11.5 Å². The van der Waals surface area contributed by atoms with Crippen LogP contribution in [0, 0.1) is 0 Å². The summed E-state index contributed by atoms with van der Waals surface area (Å²) in [4.78, 5) is 11.4. The summed E-state index contributed by atoms with van der Waals surface area (Å²) < 4.78 is 42.8. The zero-order valence-corrected chi connectivity index (χ0v) is 23.9. The number of thiocarbonyl (C=S) groups is 1. The van der Waals surface area contributed by atoms with Gasteiger partial charge in [-0.2, -0.15) is 13.2 Å². The molecule has 2 fully saturated rings. The van der Waals surface area contributed by atoms with E-state index in [1.54, 1.807) is 20.3 Å². The summed E-state index contributed by atoms with van der Waals surface area (Å²) >= 11 is 18.0. The number of rotatable bonds is 5. The first-order valence-electron chi connectivity index (χ1n) is 12.1. The van der Waals surface area contributed by atoms with Crippen molar-refractivity contribution < 1.29 is 32.5 Å². The fourth-order valence-electron chi connectivity index (χ4n) is 5.34. The Hall–Kier alpha value is -2.47. The van der Waals surface area contributed by atoms with Crippen LogP contribution in [0.2, 0.25) is 10.0 Å². The third-order valence-corrected chi connectivity index (χ3v) is 8.30. The van der Waals surface area contributed by atoms with Crippen LogP contribution >= 0.6 is 35.4 Å². The van der Waals surface area contributed by atoms with Gasteiger partial charge in [-0.3, -0.25) is 0 Å². The number of likely N-dealkylation sites (N-methyl/N-ethyl adjacent to an activating group) is 1. The molecular weight excluding hydrogens is 578 g/mol. The normalized spacial score (nSPS) is 22.7. The minimum atomic E-state index is -5.08. The highest BCUT2D eigenvalue weighted by atomic mass is 35.5. The summed E-state index contributed by atoms with van der Waals surface area (Å²) in [6.45, 7) is 1.08. The summed E-state index contributed by atoms with van der Waals surface area (Å²) in [5, 5.41) is 15.4. The number of nitrogens with zero attached hydrogens (tertiary/aromatic N) is 1. The highest BCUT2D eigenvalue weighted by molar-refractivity contribution is 7.80. The molecule has 0 bridgehead atoms. The molecule has 1 heterocycles. The maximum absolute atomic E-state index is 10.6. The van der Waals surface area contributed by atoms with Crippen LogP contribution in [0.4, 0.5) is 18.9 Å². The molecule has 39 heavy (non-hydrogen) atoms. The number of aliphatic carboxylic acids is 1. The van der Waals surface area contributed by atoms with Gasteiger partial charge < -0.3 is 30.1 Å². The number of carboxylic acids is 1. The Kier molecular flexibility index (Phi) is 10.2. The van der Waals surface area contributed by atoms with Gasteiger partial charge in [-0.05, 0) is 81.3 Å². The molecule has 2 aromatic carbocycles. The van der Waals surface area contributed by atoms with Gasteiger partial charge in [-0.15, -0.1) is 0 Å². The largest absolute Gasteiger partial charge is 0.493 e. The molecule has 4 rings (SSSR count). The van der Waals surface area contributed by atoms with Gasteiger partial charge in [0, 0.05) is 17.5 Å². The van der Waals surface area contributed by atoms with Crippen LogP contribution in [-0.4, -0.2) is 67.2 Å². The van der Waals surface area contributed by atoms with E-state index in [1.165, 1.54) is 5.56 Å². The molecule has 214 valence electrons. The van der Waals surface area contributed by atoms with E-state index in [1.807, 2.05) is 18.2 Å². The van der Waals surface area contributed by atoms with Crippen molar-refractivity contribution in [1.82, 2.24) is 10.2 Å². The SMILES string of the molecule is COc1ccc([C@@]23CC[C@@H](NC(=S)Nc4cccc(Cl)c4Cl)C[C@@H]2N(C)CC3)cc1OC.O=C(O)C(F)(F)F. The van der Waals surface area contributed by atoms with E-state index in [0.29, 0.717) is 26.9 Å². The van der Waals surface area contributed by atoms with Crippen molar-refractivity contribution in [3.63, 3.8) is 0 Å². The van der Waals surface area contributed by atoms with Crippen molar-refractivity contribution in [3.8, 4) is 11.5 Å². The monoisotopic (exact) mass is 607 g/mol. The summed E-state index contributed by atoms with van der Waals surface area (Å²) in [7, 11) is 5.59. The molecule has 0 unspecified atom stereocenters. The van der Waals surface area contributed by atoms with E-state index < -0.39 is 12.1 Å². The lowest BCUT2D eigenvalue weighted by Crippen LogP contribution is -2.52. The van der Waals surface area contributed by atoms with Gasteiger partial charge >= 0.3 is 12.1 Å². The minimum Gasteiger partial charge on any atom is -0.493 e. The van der Waals surface area contributed by atoms with E-state index in [9.17, 15) is 13.2 Å². The fourth-order valence-corrected chi connectivity index (χ4v) is 5.96. The average Bonchev–Trinajstić information content (AvgIpc) is 3.23. The Labute approximate surface area is 240 Å². The van der Waals surface area contributed by atoms with Crippen molar-refractivity contribution in [1.29, 1.82) is 0 Å². The molecule has 2 aromatic rings. The van der Waals surface area contributed by atoms with Crippen molar-refractivity contribution in [2.45, 2.75) is 49.4 Å². The van der Waals surface area contributed by atoms with E-state index >= 15 is 0 Å². The van der Waals surface area contributed by atoms with Gasteiger partial charge in [0.25, 0.3) is 0 Å². The van der Waals surface area contributed by atoms with Gasteiger partial charge in [0.2, 0.25) is 0 Å². The number of alkyl halides is 3. The van der Waals surface area contributed by atoms with E-state index in [2.05, 4.69) is 34.7 Å². The molecule has 7 nitrogen and oxygen atoms in total. The van der Waals surface area contributed by atoms with Crippen LogP contribution < -0.4 is 20.1 Å². The average molecular weight is 609 g/mol.